The first-order valence-electron chi connectivity index (χ1n) is 15.6. The maximum absolute atomic E-state index is 11.5. The number of alkyl halides is 1. The van der Waals surface area contributed by atoms with Crippen LogP contribution >= 0.6 is 11.6 Å². The van der Waals surface area contributed by atoms with Gasteiger partial charge in [-0.15, -0.1) is 11.6 Å². The van der Waals surface area contributed by atoms with Gasteiger partial charge in [-0.1, -0.05) is 35.4 Å². The smallest absolute Gasteiger partial charge is 0.228 e. The summed E-state index contributed by atoms with van der Waals surface area (Å²) in [6.07, 6.45) is 2.77. The van der Waals surface area contributed by atoms with Gasteiger partial charge < -0.3 is 20.4 Å². The zero-order chi connectivity index (χ0) is 35.9. The minimum Gasteiger partial charge on any atom is -0.436 e. The van der Waals surface area contributed by atoms with Crippen LogP contribution in [0.5, 0.6) is 0 Å². The van der Waals surface area contributed by atoms with Crippen molar-refractivity contribution in [3.05, 3.63) is 129 Å². The van der Waals surface area contributed by atoms with E-state index in [9.17, 15) is 24.0 Å². The summed E-state index contributed by atoms with van der Waals surface area (Å²) in [5, 5.41) is 11.4. The second kappa shape index (κ2) is 15.3. The maximum atomic E-state index is 11.5. The van der Waals surface area contributed by atoms with E-state index in [2.05, 4.69) is 31.0 Å². The lowest BCUT2D eigenvalue weighted by Gasteiger charge is -2.01. The Morgan fingerprint density at radius 3 is 1.80 bits per heavy atom. The molecular weight excluding hydrogens is 674 g/mol. The minimum absolute atomic E-state index is 0.0273. The number of oxazole rings is 1. The highest BCUT2D eigenvalue weighted by Gasteiger charge is 2.21. The molecule has 0 saturated heterocycles. The number of anilines is 3. The molecule has 0 saturated carbocycles. The number of nitrogens with zero attached hydrogens (tertiary/aromatic N) is 4. The maximum Gasteiger partial charge on any atom is 0.228 e. The largest absolute Gasteiger partial charge is 0.436 e. The lowest BCUT2D eigenvalue weighted by molar-refractivity contribution is -0.115. The van der Waals surface area contributed by atoms with Gasteiger partial charge in [0.1, 0.15) is 0 Å². The van der Waals surface area contributed by atoms with Gasteiger partial charge in [-0.25, -0.2) is 4.98 Å². The van der Waals surface area contributed by atoms with Crippen molar-refractivity contribution in [2.45, 2.75) is 19.3 Å². The summed E-state index contributed by atoms with van der Waals surface area (Å²) in [6.45, 7) is -0.198. The van der Waals surface area contributed by atoms with Crippen LogP contribution in [0.4, 0.5) is 17.1 Å². The molecule has 51 heavy (non-hydrogen) atoms. The Morgan fingerprint density at radius 2 is 1.25 bits per heavy atom. The van der Waals surface area contributed by atoms with Crippen LogP contribution in [-0.4, -0.2) is 46.7 Å². The number of Topliss-reactive ketones (excluding diaryl/α,β-unsaturated/α-hetero) is 2. The van der Waals surface area contributed by atoms with Gasteiger partial charge in [-0.05, 0) is 76.8 Å². The summed E-state index contributed by atoms with van der Waals surface area (Å²) in [4.78, 5) is 63.1. The molecule has 14 heteroatoms. The summed E-state index contributed by atoms with van der Waals surface area (Å²) >= 11 is 5.43. The van der Waals surface area contributed by atoms with E-state index in [4.69, 9.17) is 21.5 Å². The number of halogens is 1. The van der Waals surface area contributed by atoms with Crippen molar-refractivity contribution in [2.24, 2.45) is 5.11 Å². The van der Waals surface area contributed by atoms with E-state index in [0.717, 1.165) is 50.6 Å². The number of hydrogen-bond acceptors (Lipinski definition) is 8. The van der Waals surface area contributed by atoms with Gasteiger partial charge in [0.15, 0.2) is 17.3 Å². The summed E-state index contributed by atoms with van der Waals surface area (Å²) in [5.41, 5.74) is 16.1. The Morgan fingerprint density at radius 1 is 0.725 bits per heavy atom. The molecule has 0 spiro atoms. The van der Waals surface area contributed by atoms with Crippen molar-refractivity contribution in [3.8, 4) is 22.8 Å². The fraction of sp³-hybridized carbons (Fsp3) is 0.135. The zero-order valence-electron chi connectivity index (χ0n) is 26.8. The monoisotopic (exact) mass is 701 g/mol. The third-order valence-electron chi connectivity index (χ3n) is 8.04. The van der Waals surface area contributed by atoms with Crippen molar-refractivity contribution in [1.82, 2.24) is 4.98 Å². The highest BCUT2D eigenvalue weighted by Crippen LogP contribution is 2.31. The van der Waals surface area contributed by atoms with Crippen LogP contribution in [0.25, 0.3) is 33.2 Å². The number of nitrogens with one attached hydrogen (secondary N) is 3. The predicted octanol–water partition coefficient (Wildman–Crippen LogP) is 6.78. The SMILES string of the molecule is O=C1Cc2cc(-c3ncc(-c4ccccc4)o3)ccc2N1.O=C1Cc2cc(C(=O)CCl)ccc2N1.[N-]=[N+]=NCC(=O)c1ccc2c(c1)CC(=O)N2. The van der Waals surface area contributed by atoms with Gasteiger partial charge in [0, 0.05) is 44.2 Å². The molecule has 1 aromatic heterocycles. The van der Waals surface area contributed by atoms with Crippen molar-refractivity contribution >= 4 is 58.0 Å². The van der Waals surface area contributed by atoms with Crippen LogP contribution in [-0.2, 0) is 33.6 Å². The molecule has 0 unspecified atom stereocenters. The first kappa shape index (κ1) is 34.3. The first-order valence-corrected chi connectivity index (χ1v) is 16.2. The van der Waals surface area contributed by atoms with Crippen molar-refractivity contribution in [2.75, 3.05) is 28.4 Å². The molecule has 4 aromatic carbocycles. The highest BCUT2D eigenvalue weighted by molar-refractivity contribution is 6.30. The average molecular weight is 702 g/mol. The number of fused-ring (bicyclic) bond motifs is 3. The number of aromatic nitrogens is 1. The number of benzene rings is 4. The number of ketones is 2. The molecule has 3 amide bonds. The second-order valence-electron chi connectivity index (χ2n) is 11.6. The van der Waals surface area contributed by atoms with Crippen LogP contribution in [0.1, 0.15) is 37.4 Å². The van der Waals surface area contributed by atoms with Gasteiger partial charge >= 0.3 is 0 Å². The van der Waals surface area contributed by atoms with Crippen molar-refractivity contribution in [1.29, 1.82) is 0 Å². The van der Waals surface area contributed by atoms with Crippen LogP contribution < -0.4 is 16.0 Å². The van der Waals surface area contributed by atoms with Crippen LogP contribution in [0.15, 0.2) is 101 Å². The third-order valence-corrected chi connectivity index (χ3v) is 8.29. The number of azide groups is 1. The number of amides is 3. The molecule has 0 fully saturated rings. The Bertz CT molecular complexity index is 2250. The topological polar surface area (TPSA) is 196 Å². The molecule has 0 aliphatic carbocycles. The second-order valence-corrected chi connectivity index (χ2v) is 11.8. The van der Waals surface area contributed by atoms with Gasteiger partial charge in [0.05, 0.1) is 37.9 Å². The van der Waals surface area contributed by atoms with Crippen LogP contribution in [0, 0.1) is 0 Å². The number of carbonyl (C=O) groups is 5. The van der Waals surface area contributed by atoms with Crippen molar-refractivity contribution < 1.29 is 28.4 Å². The quantitative estimate of drug-likeness (QED) is 0.0546. The molecule has 4 heterocycles. The van der Waals surface area contributed by atoms with E-state index >= 15 is 0 Å². The standard InChI is InChI=1S/C17H12N2O2.C10H8ClNO2.C10H8N4O2/c20-16-9-13-8-12(6-7-14(13)19-16)17-18-10-15(21-17)11-4-2-1-3-5-11;11-5-9(13)6-1-2-8-7(3-6)4-10(14)12-8;11-14-12-5-9(15)6-1-2-8-7(3-6)4-10(16)13-8/h1-8,10H,9H2,(H,19,20);1-3H,4-5H2,(H,12,14);1-3H,4-5H2,(H,13,16). The molecule has 0 atom stereocenters. The van der Waals surface area contributed by atoms with Gasteiger partial charge in [0.25, 0.3) is 0 Å². The Balaban J connectivity index is 0.000000135. The van der Waals surface area contributed by atoms with E-state index in [-0.39, 0.29) is 48.1 Å². The van der Waals surface area contributed by atoms with Gasteiger partial charge in [0.2, 0.25) is 23.6 Å². The molecule has 3 N–H and O–H groups in total. The van der Waals surface area contributed by atoms with Crippen molar-refractivity contribution in [3.63, 3.8) is 0 Å². The number of rotatable bonds is 7. The third kappa shape index (κ3) is 8.19. The molecule has 0 radical (unpaired) electrons. The summed E-state index contributed by atoms with van der Waals surface area (Å²) in [7, 11) is 0. The Labute approximate surface area is 295 Å². The predicted molar refractivity (Wildman–Crippen MR) is 191 cm³/mol. The molecule has 8 rings (SSSR count). The molecule has 0 bridgehead atoms. The fourth-order valence-corrected chi connectivity index (χ4v) is 5.73. The van der Waals surface area contributed by atoms with E-state index < -0.39 is 0 Å². The van der Waals surface area contributed by atoms with Crippen LogP contribution in [0.3, 0.4) is 0 Å². The molecule has 3 aliphatic heterocycles. The van der Waals surface area contributed by atoms with E-state index in [1.54, 1.807) is 42.6 Å². The van der Waals surface area contributed by atoms with Gasteiger partial charge in [-0.3, -0.25) is 24.0 Å². The molecule has 3 aliphatic rings. The number of hydrogen-bond donors (Lipinski definition) is 3. The minimum atomic E-state index is -0.250. The lowest BCUT2D eigenvalue weighted by Crippen LogP contribution is -2.03. The Hall–Kier alpha value is -6.56. The van der Waals surface area contributed by atoms with Crippen LogP contribution in [0.2, 0.25) is 0 Å². The molecule has 13 nitrogen and oxygen atoms in total. The summed E-state index contributed by atoms with van der Waals surface area (Å²) in [5.74, 6) is 0.829. The molecule has 5 aromatic rings. The summed E-state index contributed by atoms with van der Waals surface area (Å²) in [6, 6.07) is 25.7. The average Bonchev–Trinajstić information content (AvgIpc) is 3.94. The molecule has 254 valence electrons. The highest BCUT2D eigenvalue weighted by atomic mass is 35.5. The van der Waals surface area contributed by atoms with E-state index in [0.29, 0.717) is 29.9 Å². The van der Waals surface area contributed by atoms with E-state index in [1.165, 1.54) is 0 Å². The zero-order valence-corrected chi connectivity index (χ0v) is 27.6. The normalized spacial score (nSPS) is 13.1. The lowest BCUT2D eigenvalue weighted by atomic mass is 10.1. The molecular formula is C37H28ClN7O6. The fourth-order valence-electron chi connectivity index (χ4n) is 5.58. The Kier molecular flexibility index (Phi) is 10.3. The number of carbonyl (C=O) groups excluding carboxylic acids is 5. The summed E-state index contributed by atoms with van der Waals surface area (Å²) < 4.78 is 5.83. The first-order chi connectivity index (χ1) is 24.7. The van der Waals surface area contributed by atoms with Gasteiger partial charge in [-0.2, -0.15) is 0 Å². The van der Waals surface area contributed by atoms with E-state index in [1.807, 2.05) is 48.5 Å².